The van der Waals surface area contributed by atoms with Crippen LogP contribution in [0.3, 0.4) is 0 Å². The molecule has 0 spiro atoms. The lowest BCUT2D eigenvalue weighted by Gasteiger charge is -2.33. The summed E-state index contributed by atoms with van der Waals surface area (Å²) in [6.45, 7) is 3.17. The Balaban J connectivity index is 1.51. The number of amides is 2. The van der Waals surface area contributed by atoms with Gasteiger partial charge in [-0.15, -0.1) is 0 Å². The molecule has 2 fully saturated rings. The second-order valence-electron chi connectivity index (χ2n) is 9.56. The molecule has 2 saturated heterocycles. The fraction of sp³-hybridized carbons (Fsp3) is 0.654. The molecule has 0 saturated carbocycles. The Bertz CT molecular complexity index is 824. The van der Waals surface area contributed by atoms with E-state index in [4.69, 9.17) is 4.74 Å². The number of carboxylic acid groups (broad SMARTS) is 1. The highest BCUT2D eigenvalue weighted by molar-refractivity contribution is 5.82. The van der Waals surface area contributed by atoms with E-state index in [1.165, 1.54) is 0 Å². The van der Waals surface area contributed by atoms with Gasteiger partial charge in [-0.05, 0) is 75.6 Å². The second-order valence-corrected chi connectivity index (χ2v) is 9.56. The van der Waals surface area contributed by atoms with Crippen LogP contribution < -0.4 is 15.4 Å². The highest BCUT2D eigenvalue weighted by atomic mass is 16.5. The van der Waals surface area contributed by atoms with Crippen LogP contribution in [0.1, 0.15) is 56.9 Å². The van der Waals surface area contributed by atoms with Gasteiger partial charge in [0.15, 0.2) is 0 Å². The van der Waals surface area contributed by atoms with E-state index < -0.39 is 12.0 Å². The molecular formula is C26H39N3O5. The quantitative estimate of drug-likeness (QED) is 0.456. The van der Waals surface area contributed by atoms with Gasteiger partial charge in [0.1, 0.15) is 5.75 Å². The number of aryl methyl sites for hydroxylation is 1. The number of carbonyl (C=O) groups is 3. The van der Waals surface area contributed by atoms with Crippen molar-refractivity contribution < 1.29 is 24.2 Å². The first kappa shape index (κ1) is 26.0. The first-order valence-corrected chi connectivity index (χ1v) is 12.6. The first-order valence-electron chi connectivity index (χ1n) is 12.6. The average Bonchev–Trinajstić information content (AvgIpc) is 2.86. The zero-order valence-corrected chi connectivity index (χ0v) is 20.3. The monoisotopic (exact) mass is 473 g/mol. The number of likely N-dealkylation sites (tertiary alicyclic amines) is 1. The van der Waals surface area contributed by atoms with Gasteiger partial charge in [0.25, 0.3) is 0 Å². The van der Waals surface area contributed by atoms with E-state index >= 15 is 0 Å². The van der Waals surface area contributed by atoms with Crippen LogP contribution in [0.2, 0.25) is 0 Å². The molecule has 34 heavy (non-hydrogen) atoms. The number of aliphatic carboxylic acids is 1. The van der Waals surface area contributed by atoms with Crippen molar-refractivity contribution in [2.75, 3.05) is 33.3 Å². The molecule has 3 N–H and O–H groups in total. The summed E-state index contributed by atoms with van der Waals surface area (Å²) < 4.78 is 5.38. The van der Waals surface area contributed by atoms with Crippen LogP contribution in [0.4, 0.5) is 0 Å². The predicted octanol–water partition coefficient (Wildman–Crippen LogP) is 2.61. The van der Waals surface area contributed by atoms with E-state index in [1.807, 2.05) is 29.2 Å². The summed E-state index contributed by atoms with van der Waals surface area (Å²) in [6.07, 6.45) is 6.19. The molecule has 0 radical (unpaired) electrons. The van der Waals surface area contributed by atoms with Crippen LogP contribution in [0.5, 0.6) is 5.75 Å². The Morgan fingerprint density at radius 1 is 1.21 bits per heavy atom. The summed E-state index contributed by atoms with van der Waals surface area (Å²) in [4.78, 5) is 39.1. The largest absolute Gasteiger partial charge is 0.496 e. The normalized spacial score (nSPS) is 19.9. The number of ether oxygens (including phenoxy) is 1. The van der Waals surface area contributed by atoms with Crippen molar-refractivity contribution in [2.24, 2.45) is 11.8 Å². The summed E-state index contributed by atoms with van der Waals surface area (Å²) in [6, 6.07) is 7.16. The number of nitrogens with zero attached hydrogens (tertiary/aromatic N) is 1. The molecule has 2 atom stereocenters. The minimum absolute atomic E-state index is 0.132. The number of carbonyl (C=O) groups excluding carboxylic acids is 2. The van der Waals surface area contributed by atoms with Gasteiger partial charge in [0.05, 0.1) is 19.4 Å². The summed E-state index contributed by atoms with van der Waals surface area (Å²) in [7, 11) is 1.61. The van der Waals surface area contributed by atoms with Crippen LogP contribution in [0, 0.1) is 11.8 Å². The van der Waals surface area contributed by atoms with Gasteiger partial charge in [-0.3, -0.25) is 14.4 Å². The van der Waals surface area contributed by atoms with Gasteiger partial charge in [-0.2, -0.15) is 0 Å². The Morgan fingerprint density at radius 2 is 1.97 bits per heavy atom. The van der Waals surface area contributed by atoms with E-state index in [9.17, 15) is 19.5 Å². The third-order valence-corrected chi connectivity index (χ3v) is 7.09. The zero-order valence-electron chi connectivity index (χ0n) is 20.3. The number of carboxylic acids is 1. The molecule has 2 aliphatic rings. The lowest BCUT2D eigenvalue weighted by molar-refractivity contribution is -0.138. The third kappa shape index (κ3) is 8.01. The summed E-state index contributed by atoms with van der Waals surface area (Å²) >= 11 is 0. The number of benzene rings is 1. The van der Waals surface area contributed by atoms with Crippen LogP contribution in [-0.4, -0.2) is 67.1 Å². The molecule has 1 aromatic carbocycles. The number of methoxy groups -OCH3 is 1. The van der Waals surface area contributed by atoms with E-state index in [1.54, 1.807) is 7.11 Å². The third-order valence-electron chi connectivity index (χ3n) is 7.09. The highest BCUT2D eigenvalue weighted by Gasteiger charge is 2.30. The summed E-state index contributed by atoms with van der Waals surface area (Å²) in [5.41, 5.74) is 0.984. The van der Waals surface area contributed by atoms with E-state index in [-0.39, 0.29) is 24.2 Å². The molecule has 0 unspecified atom stereocenters. The topological polar surface area (TPSA) is 108 Å². The molecule has 8 nitrogen and oxygen atoms in total. The van der Waals surface area contributed by atoms with Gasteiger partial charge in [0.2, 0.25) is 11.8 Å². The Kier molecular flexibility index (Phi) is 10.2. The molecule has 1 aromatic rings. The molecule has 2 amide bonds. The maximum Gasteiger partial charge on any atom is 0.305 e. The second kappa shape index (κ2) is 13.3. The number of nitrogens with one attached hydrogen (secondary N) is 2. The average molecular weight is 474 g/mol. The van der Waals surface area contributed by atoms with Crippen molar-refractivity contribution in [3.8, 4) is 5.75 Å². The zero-order chi connectivity index (χ0) is 24.3. The summed E-state index contributed by atoms with van der Waals surface area (Å²) in [5.74, 6) is 0.113. The van der Waals surface area contributed by atoms with Gasteiger partial charge in [0, 0.05) is 25.6 Å². The van der Waals surface area contributed by atoms with Crippen molar-refractivity contribution in [1.82, 2.24) is 15.5 Å². The molecule has 8 heteroatoms. The number of piperidine rings is 2. The molecule has 0 bridgehead atoms. The Hall–Kier alpha value is -2.61. The Morgan fingerprint density at radius 3 is 2.71 bits per heavy atom. The summed E-state index contributed by atoms with van der Waals surface area (Å²) in [5, 5.41) is 15.7. The van der Waals surface area contributed by atoms with Crippen LogP contribution in [-0.2, 0) is 20.8 Å². The van der Waals surface area contributed by atoms with E-state index in [0.29, 0.717) is 38.3 Å². The van der Waals surface area contributed by atoms with Crippen LogP contribution in [0.25, 0.3) is 0 Å². The van der Waals surface area contributed by atoms with Gasteiger partial charge in [-0.25, -0.2) is 0 Å². The van der Waals surface area contributed by atoms with Crippen molar-refractivity contribution in [3.63, 3.8) is 0 Å². The predicted molar refractivity (Wildman–Crippen MR) is 130 cm³/mol. The van der Waals surface area contributed by atoms with Crippen molar-refractivity contribution in [3.05, 3.63) is 29.8 Å². The first-order chi connectivity index (χ1) is 16.5. The van der Waals surface area contributed by atoms with Crippen molar-refractivity contribution in [2.45, 2.75) is 63.8 Å². The fourth-order valence-electron chi connectivity index (χ4n) is 5.07. The van der Waals surface area contributed by atoms with Crippen molar-refractivity contribution >= 4 is 17.8 Å². The van der Waals surface area contributed by atoms with Gasteiger partial charge >= 0.3 is 5.97 Å². The molecule has 3 rings (SSSR count). The minimum Gasteiger partial charge on any atom is -0.496 e. The molecule has 188 valence electrons. The molecular weight excluding hydrogens is 434 g/mol. The maximum absolute atomic E-state index is 13.0. The lowest BCUT2D eigenvalue weighted by Crippen LogP contribution is -2.48. The van der Waals surface area contributed by atoms with E-state index in [0.717, 1.165) is 56.5 Å². The smallest absolute Gasteiger partial charge is 0.305 e. The number of hydrogen-bond acceptors (Lipinski definition) is 5. The number of para-hydroxylation sites is 1. The number of rotatable bonds is 11. The van der Waals surface area contributed by atoms with E-state index in [2.05, 4.69) is 10.6 Å². The Labute approximate surface area is 202 Å². The van der Waals surface area contributed by atoms with Crippen LogP contribution in [0.15, 0.2) is 24.3 Å². The number of hydrogen-bond donors (Lipinski definition) is 3. The maximum atomic E-state index is 13.0. The molecule has 2 aliphatic heterocycles. The molecule has 2 heterocycles. The fourth-order valence-corrected chi connectivity index (χ4v) is 5.07. The van der Waals surface area contributed by atoms with Crippen LogP contribution >= 0.6 is 0 Å². The highest BCUT2D eigenvalue weighted by Crippen LogP contribution is 2.23. The standard InChI is InChI=1S/C26H39N3O5/c1-34-23-7-3-2-5-20(23)9-10-22(17-25(31)32)28-26(33)21-6-4-16-29(18-21)24(30)11-8-19-12-14-27-15-13-19/h2-3,5,7,19,21-22,27H,4,6,8-18H2,1H3,(H,28,33)(H,31,32)/t21-,22-/m1/s1. The van der Waals surface area contributed by atoms with Gasteiger partial charge < -0.3 is 25.4 Å². The molecule has 0 aliphatic carbocycles. The minimum atomic E-state index is -0.941. The van der Waals surface area contributed by atoms with Gasteiger partial charge in [-0.1, -0.05) is 18.2 Å². The molecule has 0 aromatic heterocycles. The SMILES string of the molecule is COc1ccccc1CC[C@H](CC(=O)O)NC(=O)[C@@H]1CCCN(C(=O)CCC2CCNCC2)C1. The van der Waals surface area contributed by atoms with Crippen molar-refractivity contribution in [1.29, 1.82) is 0 Å². The lowest BCUT2D eigenvalue weighted by atomic mass is 9.92.